The topological polar surface area (TPSA) is 282 Å². The molecule has 1 aliphatic heterocycles. The zero-order valence-electron chi connectivity index (χ0n) is 15.3. The maximum atomic E-state index is 11.9. The van der Waals surface area contributed by atoms with Crippen LogP contribution in [0.3, 0.4) is 0 Å². The maximum absolute atomic E-state index is 11.9. The zero-order valence-corrected chi connectivity index (χ0v) is 18.8. The maximum Gasteiger partial charge on any atom is 0.488 e. The van der Waals surface area contributed by atoms with Crippen LogP contribution < -0.4 is 11.3 Å². The first kappa shape index (κ1) is 25.5. The fraction of sp³-hybridized carbons (Fsp3) is 0.500. The molecule has 0 radical (unpaired) electrons. The molecule has 3 heterocycles. The highest BCUT2D eigenvalue weighted by atomic mass is 32.5. The summed E-state index contributed by atoms with van der Waals surface area (Å²) in [5.41, 5.74) is 4.56. The highest BCUT2D eigenvalue weighted by Crippen LogP contribution is 2.66. The van der Waals surface area contributed by atoms with Crippen molar-refractivity contribution in [1.29, 1.82) is 0 Å². The smallest absolute Gasteiger partial charge is 0.387 e. The molecule has 2 aromatic heterocycles. The van der Waals surface area contributed by atoms with E-state index in [1.165, 1.54) is 0 Å². The van der Waals surface area contributed by atoms with Crippen molar-refractivity contribution in [3.63, 3.8) is 0 Å². The summed E-state index contributed by atoms with van der Waals surface area (Å²) in [7, 11) is -10.9. The number of phosphoric ester groups is 1. The first-order chi connectivity index (χ1) is 14.6. The van der Waals surface area contributed by atoms with Crippen LogP contribution in [-0.4, -0.2) is 74.2 Å². The Morgan fingerprint density at radius 2 is 1.84 bits per heavy atom. The van der Waals surface area contributed by atoms with E-state index < -0.39 is 59.1 Å². The van der Waals surface area contributed by atoms with Crippen LogP contribution in [0.25, 0.3) is 11.2 Å². The monoisotopic (exact) mass is 539 g/mol. The number of hydrogen-bond donors (Lipinski definition) is 8. The van der Waals surface area contributed by atoms with Gasteiger partial charge in [0.2, 0.25) is 5.95 Å². The number of rotatable bonds is 8. The van der Waals surface area contributed by atoms with Crippen molar-refractivity contribution >= 4 is 51.3 Å². The zero-order chi connectivity index (χ0) is 24.1. The minimum atomic E-state index is -5.52. The van der Waals surface area contributed by atoms with Crippen LogP contribution in [0.5, 0.6) is 0 Å². The van der Waals surface area contributed by atoms with Gasteiger partial charge in [-0.1, -0.05) is 0 Å². The summed E-state index contributed by atoms with van der Waals surface area (Å²) >= 11 is 3.96. The van der Waals surface area contributed by atoms with E-state index in [-0.39, 0.29) is 17.1 Å². The Balaban J connectivity index is 1.72. The van der Waals surface area contributed by atoms with E-state index in [0.29, 0.717) is 0 Å². The molecule has 1 aliphatic rings. The normalized spacial score (nSPS) is 27.9. The number of nitrogens with one attached hydrogen (secondary N) is 1. The number of phosphoric acid groups is 2. The van der Waals surface area contributed by atoms with Gasteiger partial charge in [-0.05, 0) is 11.8 Å². The molecule has 180 valence electrons. The van der Waals surface area contributed by atoms with Gasteiger partial charge >= 0.3 is 22.4 Å². The van der Waals surface area contributed by atoms with E-state index in [0.717, 1.165) is 10.9 Å². The average molecular weight is 539 g/mol. The predicted molar refractivity (Wildman–Crippen MR) is 105 cm³/mol. The number of fused-ring (bicyclic) bond motifs is 1. The minimum Gasteiger partial charge on any atom is -0.387 e. The largest absolute Gasteiger partial charge is 0.488 e. The van der Waals surface area contributed by atoms with Crippen LogP contribution in [0.15, 0.2) is 11.1 Å². The Bertz CT molecular complexity index is 1210. The van der Waals surface area contributed by atoms with E-state index in [1.807, 2.05) is 0 Å². The van der Waals surface area contributed by atoms with E-state index in [4.69, 9.17) is 20.3 Å². The quantitative estimate of drug-likeness (QED) is 0.165. The second-order valence-corrected chi connectivity index (χ2v) is 12.1. The number of nitrogen functional groups attached to an aromatic ring is 1. The fourth-order valence-electron chi connectivity index (χ4n) is 2.70. The third-order valence-corrected chi connectivity index (χ3v) is 8.28. The van der Waals surface area contributed by atoms with Gasteiger partial charge in [0.1, 0.15) is 18.3 Å². The number of nitrogens with two attached hydrogens (primary N) is 1. The molecule has 0 bridgehead atoms. The van der Waals surface area contributed by atoms with E-state index in [9.17, 15) is 33.9 Å². The predicted octanol–water partition coefficient (Wildman–Crippen LogP) is -2.22. The number of imidazole rings is 1. The summed E-state index contributed by atoms with van der Waals surface area (Å²) in [6.07, 6.45) is -5.18. The molecule has 18 nitrogen and oxygen atoms in total. The summed E-state index contributed by atoms with van der Waals surface area (Å²) in [4.78, 5) is 58.3. The Kier molecular flexibility index (Phi) is 7.09. The number of ether oxygens (including phenoxy) is 1. The Hall–Kier alpha value is -1.14. The van der Waals surface area contributed by atoms with Crippen LogP contribution in [0.2, 0.25) is 0 Å². The molecule has 0 saturated carbocycles. The van der Waals surface area contributed by atoms with E-state index in [2.05, 4.69) is 39.9 Å². The third kappa shape index (κ3) is 5.85. The highest BCUT2D eigenvalue weighted by molar-refractivity contribution is 8.08. The van der Waals surface area contributed by atoms with Crippen molar-refractivity contribution < 1.29 is 56.8 Å². The third-order valence-electron chi connectivity index (χ3n) is 3.88. The Morgan fingerprint density at radius 3 is 2.47 bits per heavy atom. The number of aliphatic hydroxyl groups excluding tert-OH is 2. The van der Waals surface area contributed by atoms with Gasteiger partial charge in [-0.25, -0.2) is 18.4 Å². The van der Waals surface area contributed by atoms with Crippen LogP contribution in [0, 0.1) is 0 Å². The molecule has 0 spiro atoms. The minimum absolute atomic E-state index is 0.0951. The lowest BCUT2D eigenvalue weighted by molar-refractivity contribution is -0.0503. The van der Waals surface area contributed by atoms with E-state index in [1.54, 1.807) is 0 Å². The second kappa shape index (κ2) is 8.90. The summed E-state index contributed by atoms with van der Waals surface area (Å²) in [6, 6.07) is 0. The number of aliphatic hydroxyl groups is 2. The second-order valence-electron chi connectivity index (χ2n) is 6.21. The van der Waals surface area contributed by atoms with Crippen molar-refractivity contribution in [2.24, 2.45) is 0 Å². The molecule has 2 aromatic rings. The van der Waals surface area contributed by atoms with Gasteiger partial charge in [-0.15, -0.1) is 0 Å². The molecule has 9 N–H and O–H groups in total. The average Bonchev–Trinajstić information content (AvgIpc) is 3.12. The van der Waals surface area contributed by atoms with Crippen LogP contribution >= 0.6 is 22.4 Å². The lowest BCUT2D eigenvalue weighted by Crippen LogP contribution is -2.33. The van der Waals surface area contributed by atoms with Gasteiger partial charge in [0, 0.05) is 0 Å². The molecule has 6 atom stereocenters. The molecule has 3 rings (SSSR count). The molecular weight excluding hydrogens is 523 g/mol. The van der Waals surface area contributed by atoms with Gasteiger partial charge in [-0.3, -0.25) is 18.9 Å². The lowest BCUT2D eigenvalue weighted by atomic mass is 10.1. The highest BCUT2D eigenvalue weighted by Gasteiger charge is 2.46. The molecule has 22 heteroatoms. The van der Waals surface area contributed by atoms with Crippen molar-refractivity contribution in [1.82, 2.24) is 19.5 Å². The van der Waals surface area contributed by atoms with Gasteiger partial charge in [0.25, 0.3) is 5.56 Å². The van der Waals surface area contributed by atoms with Crippen molar-refractivity contribution in [2.45, 2.75) is 24.5 Å². The molecule has 1 fully saturated rings. The van der Waals surface area contributed by atoms with Crippen molar-refractivity contribution in [3.8, 4) is 0 Å². The summed E-state index contributed by atoms with van der Waals surface area (Å²) < 4.78 is 41.9. The van der Waals surface area contributed by atoms with Gasteiger partial charge in [0.15, 0.2) is 17.4 Å². The molecular formula is C10H16N5O13P3S. The standard InChI is InChI=1S/C10H16N5O13P3S/c11-10-13-7-4(8(18)14-10)12-2-15(7)9-6(17)5(16)3(26-9)1-25-29(19,20)27-30(21,22)28-31(23,24)32/h2-3,5-6,9,16-17H,1H2,(H,19,20)(H,21,22)(H2,23,24,32)(H3,11,13,14,18)/t3-,5?,6+,9-/m1/s1. The number of aromatic nitrogens is 4. The van der Waals surface area contributed by atoms with Gasteiger partial charge in [-0.2, -0.15) is 9.29 Å². The van der Waals surface area contributed by atoms with Crippen LogP contribution in [-0.2, 0) is 38.8 Å². The first-order valence-electron chi connectivity index (χ1n) is 8.11. The number of anilines is 1. The molecule has 0 aromatic carbocycles. The number of hydrogen-bond acceptors (Lipinski definition) is 13. The van der Waals surface area contributed by atoms with Crippen molar-refractivity contribution in [2.75, 3.05) is 12.3 Å². The first-order valence-corrected chi connectivity index (χ1v) is 13.7. The number of aromatic amines is 1. The Labute approximate surface area is 181 Å². The van der Waals surface area contributed by atoms with Gasteiger partial charge in [0.05, 0.1) is 12.9 Å². The molecule has 3 unspecified atom stereocenters. The lowest BCUT2D eigenvalue weighted by Gasteiger charge is -2.19. The Morgan fingerprint density at radius 1 is 1.19 bits per heavy atom. The molecule has 0 aliphatic carbocycles. The van der Waals surface area contributed by atoms with Crippen LogP contribution in [0.4, 0.5) is 5.95 Å². The van der Waals surface area contributed by atoms with E-state index >= 15 is 0 Å². The number of H-pyrrole nitrogens is 1. The SMILES string of the molecule is Nc1nc2c(ncn2[C@@H]2O[C@H](COP(=O)(O)OP(=O)(O)OP(O)(O)=S)C(O)[C@@H]2O)c(=O)[nH]1. The van der Waals surface area contributed by atoms with Crippen molar-refractivity contribution in [3.05, 3.63) is 16.7 Å². The van der Waals surface area contributed by atoms with Gasteiger partial charge < -0.3 is 40.3 Å². The summed E-state index contributed by atoms with van der Waals surface area (Å²) in [6.45, 7) is -5.69. The molecule has 1 saturated heterocycles. The summed E-state index contributed by atoms with van der Waals surface area (Å²) in [5.74, 6) is -0.262. The fourth-order valence-corrected chi connectivity index (χ4v) is 6.49. The number of nitrogens with zero attached hydrogens (tertiary/aromatic N) is 3. The molecule has 32 heavy (non-hydrogen) atoms. The molecule has 0 amide bonds. The summed E-state index contributed by atoms with van der Waals surface area (Å²) in [5, 5.41) is 20.5. The van der Waals surface area contributed by atoms with Crippen LogP contribution in [0.1, 0.15) is 6.23 Å².